The van der Waals surface area contributed by atoms with Gasteiger partial charge in [-0.05, 0) is 122 Å². The highest BCUT2D eigenvalue weighted by atomic mass is 15.2. The van der Waals surface area contributed by atoms with Crippen LogP contribution in [0.25, 0.3) is 0 Å². The van der Waals surface area contributed by atoms with Gasteiger partial charge in [0.05, 0.1) is 0 Å². The van der Waals surface area contributed by atoms with Gasteiger partial charge in [-0.2, -0.15) is 0 Å². The van der Waals surface area contributed by atoms with Gasteiger partial charge in [0, 0.05) is 45.0 Å². The van der Waals surface area contributed by atoms with Crippen molar-refractivity contribution >= 4 is 57.2 Å². The summed E-state index contributed by atoms with van der Waals surface area (Å²) < 4.78 is 0. The minimum atomic E-state index is -0.201. The third-order valence-electron chi connectivity index (χ3n) is 13.6. The lowest BCUT2D eigenvalue weighted by atomic mass is 9.33. The van der Waals surface area contributed by atoms with Gasteiger partial charge in [0.1, 0.15) is 0 Å². The Morgan fingerprint density at radius 2 is 0.717 bits per heavy atom. The van der Waals surface area contributed by atoms with E-state index in [1.807, 2.05) is 0 Å². The van der Waals surface area contributed by atoms with E-state index in [1.165, 1.54) is 89.5 Å². The number of rotatable bonds is 6. The molecule has 0 aliphatic carbocycles. The first-order valence-corrected chi connectivity index (χ1v) is 21.8. The Kier molecular flexibility index (Phi) is 9.36. The highest BCUT2D eigenvalue weighted by Crippen LogP contribution is 2.46. The molecule has 7 aromatic carbocycles. The summed E-state index contributed by atoms with van der Waals surface area (Å²) >= 11 is 0. The summed E-state index contributed by atoms with van der Waals surface area (Å²) in [5, 5.41) is 0. The smallest absolute Gasteiger partial charge is 0.252 e. The van der Waals surface area contributed by atoms with Crippen molar-refractivity contribution in [1.82, 2.24) is 0 Å². The van der Waals surface area contributed by atoms with Gasteiger partial charge in [0.25, 0.3) is 6.71 Å². The highest BCUT2D eigenvalue weighted by molar-refractivity contribution is 7.00. The molecule has 0 radical (unpaired) electrons. The second kappa shape index (κ2) is 14.2. The predicted octanol–water partition coefficient (Wildman–Crippen LogP) is 13.3. The summed E-state index contributed by atoms with van der Waals surface area (Å²) in [6.45, 7) is 25.6. The average molecular weight is 783 g/mol. The SMILES string of the molecule is Cc1cc2c3c(c1)N(c1ccc(C(C)(C)c4ccccc4)cc1)c1ccc(C(C)(C)c4ccccc4)cc1B3c1cc(C(C)(C)C)ccc1N2c1ccc(C(C)(C)C)cc1. The van der Waals surface area contributed by atoms with Gasteiger partial charge in [-0.3, -0.25) is 0 Å². The van der Waals surface area contributed by atoms with E-state index >= 15 is 0 Å². The molecule has 9 rings (SSSR count). The highest BCUT2D eigenvalue weighted by Gasteiger charge is 2.44. The van der Waals surface area contributed by atoms with Crippen LogP contribution in [0.15, 0.2) is 158 Å². The van der Waals surface area contributed by atoms with E-state index in [-0.39, 0.29) is 28.4 Å². The Morgan fingerprint density at radius 3 is 1.17 bits per heavy atom. The lowest BCUT2D eigenvalue weighted by molar-refractivity contribution is 0.590. The quantitative estimate of drug-likeness (QED) is 0.155. The van der Waals surface area contributed by atoms with Crippen molar-refractivity contribution in [2.45, 2.75) is 97.8 Å². The van der Waals surface area contributed by atoms with Crippen LogP contribution in [0, 0.1) is 6.92 Å². The number of nitrogens with zero attached hydrogens (tertiary/aromatic N) is 2. The van der Waals surface area contributed by atoms with Crippen LogP contribution in [-0.4, -0.2) is 6.71 Å². The van der Waals surface area contributed by atoms with Crippen molar-refractivity contribution in [1.29, 1.82) is 0 Å². The molecule has 0 amide bonds. The molecule has 0 spiro atoms. The molecule has 7 aromatic rings. The molecule has 0 fully saturated rings. The summed E-state index contributed by atoms with van der Waals surface area (Å²) in [5.74, 6) is 0. The van der Waals surface area contributed by atoms with Crippen molar-refractivity contribution < 1.29 is 0 Å². The molecule has 0 N–H and O–H groups in total. The first-order valence-electron chi connectivity index (χ1n) is 21.8. The van der Waals surface area contributed by atoms with Gasteiger partial charge < -0.3 is 9.80 Å². The fourth-order valence-corrected chi connectivity index (χ4v) is 9.73. The van der Waals surface area contributed by atoms with Gasteiger partial charge in [-0.1, -0.05) is 178 Å². The zero-order valence-corrected chi connectivity index (χ0v) is 37.5. The standard InChI is InChI=1S/C57H59BN2/c1-38-34-51-53-52(35-38)60(46-30-24-42(25-31-46)56(8,9)40-18-14-12-15-19-40)50-33-27-44(57(10,11)41-20-16-13-17-21-41)37-48(50)58(53)47-36-43(55(5,6)7)26-32-49(47)59(51)45-28-22-39(23-29-45)54(2,3)4/h12-37H,1-11H3. The van der Waals surface area contributed by atoms with Crippen LogP contribution in [0.4, 0.5) is 34.1 Å². The van der Waals surface area contributed by atoms with Crippen molar-refractivity contribution in [3.05, 3.63) is 197 Å². The maximum absolute atomic E-state index is 2.55. The van der Waals surface area contributed by atoms with Crippen LogP contribution < -0.4 is 26.2 Å². The Hall–Kier alpha value is -5.80. The van der Waals surface area contributed by atoms with Crippen LogP contribution in [0.2, 0.25) is 0 Å². The minimum absolute atomic E-state index is 0.0133. The second-order valence-corrected chi connectivity index (χ2v) is 20.4. The molecule has 60 heavy (non-hydrogen) atoms. The fourth-order valence-electron chi connectivity index (χ4n) is 9.73. The van der Waals surface area contributed by atoms with Crippen LogP contribution in [-0.2, 0) is 21.7 Å². The molecule has 300 valence electrons. The van der Waals surface area contributed by atoms with Gasteiger partial charge in [-0.15, -0.1) is 0 Å². The van der Waals surface area contributed by atoms with Crippen LogP contribution in [0.5, 0.6) is 0 Å². The van der Waals surface area contributed by atoms with E-state index in [0.29, 0.717) is 0 Å². The Balaban J connectivity index is 1.31. The third-order valence-corrected chi connectivity index (χ3v) is 13.6. The lowest BCUT2D eigenvalue weighted by Crippen LogP contribution is -2.61. The fraction of sp³-hybridized carbons (Fsp3) is 0.263. The number of hydrogen-bond acceptors (Lipinski definition) is 2. The van der Waals surface area contributed by atoms with Crippen molar-refractivity contribution in [3.8, 4) is 0 Å². The van der Waals surface area contributed by atoms with Crippen molar-refractivity contribution in [2.24, 2.45) is 0 Å². The molecule has 0 atom stereocenters. The molecule has 2 heterocycles. The molecule has 3 heteroatoms. The molecule has 2 nitrogen and oxygen atoms in total. The maximum Gasteiger partial charge on any atom is 0.252 e. The van der Waals surface area contributed by atoms with Gasteiger partial charge in [-0.25, -0.2) is 0 Å². The molecule has 0 bridgehead atoms. The Labute approximate surface area is 360 Å². The summed E-state index contributed by atoms with van der Waals surface area (Å²) in [6.07, 6.45) is 0. The topological polar surface area (TPSA) is 6.48 Å². The third kappa shape index (κ3) is 6.58. The second-order valence-electron chi connectivity index (χ2n) is 20.4. The van der Waals surface area contributed by atoms with E-state index in [1.54, 1.807) is 0 Å². The summed E-state index contributed by atoms with van der Waals surface area (Å²) in [6, 6.07) is 60.0. The maximum atomic E-state index is 2.55. The van der Waals surface area contributed by atoms with Crippen molar-refractivity contribution in [3.63, 3.8) is 0 Å². The Morgan fingerprint density at radius 1 is 0.350 bits per heavy atom. The number of benzene rings is 7. The van der Waals surface area contributed by atoms with E-state index in [4.69, 9.17) is 0 Å². The molecule has 2 aliphatic rings. The normalized spacial score (nSPS) is 13.8. The van der Waals surface area contributed by atoms with Crippen molar-refractivity contribution in [2.75, 3.05) is 9.80 Å². The van der Waals surface area contributed by atoms with Crippen LogP contribution in [0.3, 0.4) is 0 Å². The predicted molar refractivity (Wildman–Crippen MR) is 260 cm³/mol. The number of aryl methyl sites for hydroxylation is 1. The van der Waals surface area contributed by atoms with Crippen LogP contribution >= 0.6 is 0 Å². The molecule has 0 unspecified atom stereocenters. The largest absolute Gasteiger partial charge is 0.311 e. The summed E-state index contributed by atoms with van der Waals surface area (Å²) in [4.78, 5) is 5.10. The number of fused-ring (bicyclic) bond motifs is 4. The molecular weight excluding hydrogens is 723 g/mol. The van der Waals surface area contributed by atoms with Crippen LogP contribution in [0.1, 0.15) is 108 Å². The molecule has 0 aromatic heterocycles. The van der Waals surface area contributed by atoms with Gasteiger partial charge >= 0.3 is 0 Å². The first kappa shape index (κ1) is 39.7. The Bertz CT molecular complexity index is 2710. The monoisotopic (exact) mass is 782 g/mol. The average Bonchev–Trinajstić information content (AvgIpc) is 3.23. The zero-order chi connectivity index (χ0) is 42.4. The first-order chi connectivity index (χ1) is 28.4. The zero-order valence-electron chi connectivity index (χ0n) is 37.5. The van der Waals surface area contributed by atoms with Gasteiger partial charge in [0.2, 0.25) is 0 Å². The number of hydrogen-bond donors (Lipinski definition) is 0. The minimum Gasteiger partial charge on any atom is -0.311 e. The molecular formula is C57H59BN2. The van der Waals surface area contributed by atoms with E-state index in [9.17, 15) is 0 Å². The molecule has 2 aliphatic heterocycles. The van der Waals surface area contributed by atoms with Gasteiger partial charge in [0.15, 0.2) is 0 Å². The summed E-state index contributed by atoms with van der Waals surface area (Å²) in [5.41, 5.74) is 20.3. The molecule has 0 saturated carbocycles. The van der Waals surface area contributed by atoms with E-state index in [0.717, 1.165) is 0 Å². The summed E-state index contributed by atoms with van der Waals surface area (Å²) in [7, 11) is 0. The lowest BCUT2D eigenvalue weighted by Gasteiger charge is -2.45. The van der Waals surface area contributed by atoms with E-state index < -0.39 is 0 Å². The van der Waals surface area contributed by atoms with E-state index in [2.05, 4.69) is 244 Å². The molecule has 0 saturated heterocycles. The number of anilines is 6.